The van der Waals surface area contributed by atoms with Crippen LogP contribution in [0, 0.1) is 5.92 Å². The van der Waals surface area contributed by atoms with E-state index in [0.29, 0.717) is 23.5 Å². The van der Waals surface area contributed by atoms with E-state index in [-0.39, 0.29) is 5.78 Å². The molecule has 1 N–H and O–H groups in total. The fourth-order valence-corrected chi connectivity index (χ4v) is 5.24. The molecule has 5 rings (SSSR count). The van der Waals surface area contributed by atoms with Gasteiger partial charge in [-0.15, -0.1) is 0 Å². The second-order valence-corrected chi connectivity index (χ2v) is 9.73. The zero-order valence-corrected chi connectivity index (χ0v) is 20.6. The molecule has 1 unspecified atom stereocenters. The number of carbonyl (C=O) groups is 2. The lowest BCUT2D eigenvalue weighted by Gasteiger charge is -2.33. The number of ketones is 1. The minimum Gasteiger partial charge on any atom is -0.465 e. The van der Waals surface area contributed by atoms with Gasteiger partial charge in [-0.2, -0.15) is 5.10 Å². The van der Waals surface area contributed by atoms with Gasteiger partial charge in [0, 0.05) is 30.5 Å². The van der Waals surface area contributed by atoms with Crippen molar-refractivity contribution in [2.45, 2.75) is 32.2 Å². The van der Waals surface area contributed by atoms with Gasteiger partial charge in [0.15, 0.2) is 5.78 Å². The number of nitrogens with one attached hydrogen (secondary N) is 1. The van der Waals surface area contributed by atoms with Crippen LogP contribution in [0.2, 0.25) is 0 Å². The standard InChI is InChI=1S/C30H31N3O3/c1-36-30(35)26-9-3-8-25(17-26)29(34)16-21-5-2-6-23(13-21)19-33-12-4-7-24(20-33)14-22-10-11-28-27(15-22)18-31-32-28/h2-3,5-6,8-11,13,15,17-18,24H,4,7,12,14,16,19-20H2,1H3,(H,31,32). The Kier molecular flexibility index (Phi) is 7.23. The number of hydrogen-bond donors (Lipinski definition) is 1. The summed E-state index contributed by atoms with van der Waals surface area (Å²) in [6.07, 6.45) is 5.72. The Balaban J connectivity index is 1.20. The Morgan fingerprint density at radius 3 is 2.72 bits per heavy atom. The molecular formula is C30H31N3O3. The van der Waals surface area contributed by atoms with Gasteiger partial charge in [-0.1, -0.05) is 42.5 Å². The first-order valence-electron chi connectivity index (χ1n) is 12.5. The maximum Gasteiger partial charge on any atom is 0.337 e. The molecule has 0 aliphatic carbocycles. The number of nitrogens with zero attached hydrogens (tertiary/aromatic N) is 2. The van der Waals surface area contributed by atoms with E-state index in [1.807, 2.05) is 18.3 Å². The van der Waals surface area contributed by atoms with Gasteiger partial charge >= 0.3 is 5.97 Å². The highest BCUT2D eigenvalue weighted by Crippen LogP contribution is 2.24. The van der Waals surface area contributed by atoms with Crippen molar-refractivity contribution in [1.29, 1.82) is 0 Å². The fourth-order valence-electron chi connectivity index (χ4n) is 5.24. The number of Topliss-reactive ketones (excluding diaryl/α,β-unsaturated/α-hetero) is 1. The highest BCUT2D eigenvalue weighted by Gasteiger charge is 2.21. The normalized spacial score (nSPS) is 16.2. The minimum absolute atomic E-state index is 0.00877. The molecule has 2 heterocycles. The number of rotatable bonds is 8. The molecule has 6 nitrogen and oxygen atoms in total. The predicted molar refractivity (Wildman–Crippen MR) is 140 cm³/mol. The van der Waals surface area contributed by atoms with Gasteiger partial charge in [0.25, 0.3) is 0 Å². The first-order valence-corrected chi connectivity index (χ1v) is 12.5. The Labute approximate surface area is 211 Å². The van der Waals surface area contributed by atoms with Crippen molar-refractivity contribution in [3.05, 3.63) is 101 Å². The number of piperidine rings is 1. The van der Waals surface area contributed by atoms with Crippen molar-refractivity contribution in [1.82, 2.24) is 15.1 Å². The quantitative estimate of drug-likeness (QED) is 0.276. The molecule has 184 valence electrons. The molecule has 1 aliphatic rings. The summed E-state index contributed by atoms with van der Waals surface area (Å²) >= 11 is 0. The highest BCUT2D eigenvalue weighted by atomic mass is 16.5. The molecule has 0 radical (unpaired) electrons. The molecule has 0 spiro atoms. The number of aromatic nitrogens is 2. The van der Waals surface area contributed by atoms with Gasteiger partial charge in [-0.25, -0.2) is 4.79 Å². The maximum atomic E-state index is 12.9. The van der Waals surface area contributed by atoms with Crippen LogP contribution in [-0.4, -0.2) is 47.0 Å². The number of fused-ring (bicyclic) bond motifs is 1. The summed E-state index contributed by atoms with van der Waals surface area (Å²) in [6, 6.07) is 21.6. The largest absolute Gasteiger partial charge is 0.465 e. The Morgan fingerprint density at radius 1 is 1.00 bits per heavy atom. The molecule has 1 saturated heterocycles. The number of esters is 1. The molecule has 0 saturated carbocycles. The molecule has 1 aromatic heterocycles. The van der Waals surface area contributed by atoms with Crippen LogP contribution in [0.25, 0.3) is 10.9 Å². The molecule has 1 aliphatic heterocycles. The van der Waals surface area contributed by atoms with Crippen molar-refractivity contribution < 1.29 is 14.3 Å². The molecule has 36 heavy (non-hydrogen) atoms. The zero-order chi connectivity index (χ0) is 24.9. The molecular weight excluding hydrogens is 450 g/mol. The lowest BCUT2D eigenvalue weighted by atomic mass is 9.90. The number of likely N-dealkylation sites (tertiary alicyclic amines) is 1. The summed E-state index contributed by atoms with van der Waals surface area (Å²) < 4.78 is 4.77. The van der Waals surface area contributed by atoms with Crippen molar-refractivity contribution in [3.63, 3.8) is 0 Å². The van der Waals surface area contributed by atoms with Crippen LogP contribution in [-0.2, 0) is 24.1 Å². The first kappa shape index (κ1) is 23.9. The number of carbonyl (C=O) groups excluding carboxylic acids is 2. The van der Waals surface area contributed by atoms with E-state index in [4.69, 9.17) is 4.74 Å². The van der Waals surface area contributed by atoms with Crippen LogP contribution >= 0.6 is 0 Å². The van der Waals surface area contributed by atoms with Crippen molar-refractivity contribution in [2.24, 2.45) is 5.92 Å². The molecule has 4 aromatic rings. The summed E-state index contributed by atoms with van der Waals surface area (Å²) in [5, 5.41) is 8.32. The zero-order valence-electron chi connectivity index (χ0n) is 20.6. The van der Waals surface area contributed by atoms with Gasteiger partial charge in [0.1, 0.15) is 0 Å². The number of aromatic amines is 1. The van der Waals surface area contributed by atoms with E-state index in [1.54, 1.807) is 24.3 Å². The van der Waals surface area contributed by atoms with Gasteiger partial charge in [0.05, 0.1) is 24.4 Å². The second-order valence-electron chi connectivity index (χ2n) is 9.73. The lowest BCUT2D eigenvalue weighted by molar-refractivity contribution is 0.0600. The number of benzene rings is 3. The summed E-state index contributed by atoms with van der Waals surface area (Å²) in [5.74, 6) is 0.189. The highest BCUT2D eigenvalue weighted by molar-refractivity contribution is 6.00. The van der Waals surface area contributed by atoms with E-state index < -0.39 is 5.97 Å². The summed E-state index contributed by atoms with van der Waals surface area (Å²) in [7, 11) is 1.34. The molecule has 0 bridgehead atoms. The summed E-state index contributed by atoms with van der Waals surface area (Å²) in [6.45, 7) is 3.06. The molecule has 1 atom stereocenters. The molecule has 0 amide bonds. The number of methoxy groups -OCH3 is 1. The van der Waals surface area contributed by atoms with Crippen molar-refractivity contribution in [3.8, 4) is 0 Å². The van der Waals surface area contributed by atoms with E-state index in [0.717, 1.165) is 37.1 Å². The first-order chi connectivity index (χ1) is 17.6. The molecule has 6 heteroatoms. The third-order valence-corrected chi connectivity index (χ3v) is 7.00. The van der Waals surface area contributed by atoms with Gasteiger partial charge in [-0.05, 0) is 72.7 Å². The van der Waals surface area contributed by atoms with Crippen LogP contribution in [0.15, 0.2) is 72.9 Å². The maximum absolute atomic E-state index is 12.9. The minimum atomic E-state index is -0.437. The predicted octanol–water partition coefficient (Wildman–Crippen LogP) is 5.23. The number of H-pyrrole nitrogens is 1. The van der Waals surface area contributed by atoms with Crippen LogP contribution < -0.4 is 0 Å². The van der Waals surface area contributed by atoms with E-state index in [2.05, 4.69) is 45.4 Å². The average molecular weight is 482 g/mol. The third-order valence-electron chi connectivity index (χ3n) is 7.00. The van der Waals surface area contributed by atoms with Gasteiger partial charge in [0.2, 0.25) is 0 Å². The SMILES string of the molecule is COC(=O)c1cccc(C(=O)Cc2cccc(CN3CCCC(Cc4ccc5[nH]ncc5c4)C3)c2)c1. The van der Waals surface area contributed by atoms with Crippen molar-refractivity contribution in [2.75, 3.05) is 20.2 Å². The van der Waals surface area contributed by atoms with Gasteiger partial charge in [-0.3, -0.25) is 14.8 Å². The Hall–Kier alpha value is -3.77. The van der Waals surface area contributed by atoms with Crippen LogP contribution in [0.3, 0.4) is 0 Å². The third kappa shape index (κ3) is 5.71. The van der Waals surface area contributed by atoms with E-state index in [1.165, 1.54) is 36.5 Å². The van der Waals surface area contributed by atoms with E-state index >= 15 is 0 Å². The van der Waals surface area contributed by atoms with E-state index in [9.17, 15) is 9.59 Å². The van der Waals surface area contributed by atoms with Gasteiger partial charge < -0.3 is 4.74 Å². The smallest absolute Gasteiger partial charge is 0.337 e. The van der Waals surface area contributed by atoms with Crippen LogP contribution in [0.5, 0.6) is 0 Å². The number of hydrogen-bond acceptors (Lipinski definition) is 5. The van der Waals surface area contributed by atoms with Crippen molar-refractivity contribution >= 4 is 22.7 Å². The lowest BCUT2D eigenvalue weighted by Crippen LogP contribution is -2.35. The summed E-state index contributed by atoms with van der Waals surface area (Å²) in [5.41, 5.74) is 5.58. The van der Waals surface area contributed by atoms with Crippen LogP contribution in [0.1, 0.15) is 50.2 Å². The fraction of sp³-hybridized carbons (Fsp3) is 0.300. The Morgan fingerprint density at radius 2 is 1.83 bits per heavy atom. The topological polar surface area (TPSA) is 75.3 Å². The average Bonchev–Trinajstić information content (AvgIpc) is 3.37. The summed E-state index contributed by atoms with van der Waals surface area (Å²) in [4.78, 5) is 27.2. The molecule has 3 aromatic carbocycles. The van der Waals surface area contributed by atoms with Crippen LogP contribution in [0.4, 0.5) is 0 Å². The Bertz CT molecular complexity index is 1380. The monoisotopic (exact) mass is 481 g/mol. The number of ether oxygens (including phenoxy) is 1. The molecule has 1 fully saturated rings. The second kappa shape index (κ2) is 10.9.